The Morgan fingerprint density at radius 1 is 1.64 bits per heavy atom. The number of carbonyl (C=O) groups is 1. The van der Waals surface area contributed by atoms with E-state index in [0.717, 1.165) is 0 Å². The molecule has 0 saturated carbocycles. The van der Waals surface area contributed by atoms with Crippen molar-refractivity contribution in [3.63, 3.8) is 0 Å². The molecular formula is C9H13N3O2. The van der Waals surface area contributed by atoms with E-state index in [1.807, 2.05) is 12.3 Å². The van der Waals surface area contributed by atoms with Crippen molar-refractivity contribution in [2.45, 2.75) is 12.5 Å². The first-order chi connectivity index (χ1) is 6.68. The Hall–Kier alpha value is -1.36. The van der Waals surface area contributed by atoms with Crippen molar-refractivity contribution in [2.75, 3.05) is 19.7 Å². The van der Waals surface area contributed by atoms with Crippen LogP contribution in [0.2, 0.25) is 0 Å². The van der Waals surface area contributed by atoms with Crippen LogP contribution in [-0.4, -0.2) is 45.4 Å². The highest BCUT2D eigenvalue weighted by molar-refractivity contribution is 5.74. The zero-order valence-corrected chi connectivity index (χ0v) is 8.05. The minimum atomic E-state index is -0.394. The lowest BCUT2D eigenvalue weighted by atomic mass is 9.91. The van der Waals surface area contributed by atoms with Gasteiger partial charge in [-0.15, -0.1) is 0 Å². The van der Waals surface area contributed by atoms with Crippen LogP contribution in [0.4, 0.5) is 0 Å². The molecule has 1 saturated heterocycles. The Bertz CT molecular complexity index is 328. The van der Waals surface area contributed by atoms with Crippen LogP contribution in [0.15, 0.2) is 18.5 Å². The van der Waals surface area contributed by atoms with E-state index in [1.165, 1.54) is 6.92 Å². The zero-order chi connectivity index (χ0) is 10.2. The summed E-state index contributed by atoms with van der Waals surface area (Å²) in [6.45, 7) is 2.63. The van der Waals surface area contributed by atoms with Gasteiger partial charge in [0.1, 0.15) is 5.54 Å². The van der Waals surface area contributed by atoms with Crippen LogP contribution in [0.3, 0.4) is 0 Å². The van der Waals surface area contributed by atoms with Crippen molar-refractivity contribution in [1.29, 1.82) is 0 Å². The molecule has 0 radical (unpaired) electrons. The third kappa shape index (κ3) is 1.21. The second-order valence-electron chi connectivity index (χ2n) is 3.71. The molecule has 0 bridgehead atoms. The minimum Gasteiger partial charge on any atom is -0.394 e. The maximum absolute atomic E-state index is 11.0. The number of amides is 1. The predicted molar refractivity (Wildman–Crippen MR) is 49.5 cm³/mol. The normalized spacial score (nSPS) is 19.1. The highest BCUT2D eigenvalue weighted by Gasteiger charge is 2.45. The van der Waals surface area contributed by atoms with Gasteiger partial charge in [-0.25, -0.2) is 0 Å². The molecule has 2 rings (SSSR count). The zero-order valence-electron chi connectivity index (χ0n) is 8.05. The van der Waals surface area contributed by atoms with E-state index in [4.69, 9.17) is 0 Å². The number of aliphatic hydroxyl groups excluding tert-OH is 1. The van der Waals surface area contributed by atoms with E-state index in [2.05, 4.69) is 5.10 Å². The summed E-state index contributed by atoms with van der Waals surface area (Å²) in [5.41, 5.74) is -0.394. The molecule has 5 nitrogen and oxygen atoms in total. The molecule has 0 unspecified atom stereocenters. The van der Waals surface area contributed by atoms with Crippen molar-refractivity contribution >= 4 is 5.91 Å². The number of rotatable bonds is 2. The van der Waals surface area contributed by atoms with Crippen molar-refractivity contribution < 1.29 is 9.90 Å². The van der Waals surface area contributed by atoms with Crippen LogP contribution in [0.1, 0.15) is 6.92 Å². The molecule has 76 valence electrons. The molecule has 1 fully saturated rings. The summed E-state index contributed by atoms with van der Waals surface area (Å²) in [4.78, 5) is 12.7. The molecule has 1 amide bonds. The molecule has 1 aromatic rings. The van der Waals surface area contributed by atoms with Gasteiger partial charge in [0, 0.05) is 32.4 Å². The van der Waals surface area contributed by atoms with Gasteiger partial charge >= 0.3 is 0 Å². The molecule has 1 aromatic heterocycles. The summed E-state index contributed by atoms with van der Waals surface area (Å²) in [6.07, 6.45) is 3.49. The summed E-state index contributed by atoms with van der Waals surface area (Å²) >= 11 is 0. The Labute approximate surface area is 81.9 Å². The number of hydrogen-bond acceptors (Lipinski definition) is 3. The van der Waals surface area contributed by atoms with Gasteiger partial charge in [0.25, 0.3) is 0 Å². The molecule has 0 aliphatic carbocycles. The number of carbonyl (C=O) groups excluding carboxylic acids is 1. The van der Waals surface area contributed by atoms with Crippen LogP contribution in [0, 0.1) is 0 Å². The Morgan fingerprint density at radius 3 is 2.79 bits per heavy atom. The molecule has 1 aliphatic rings. The van der Waals surface area contributed by atoms with Crippen molar-refractivity contribution in [3.8, 4) is 0 Å². The molecule has 14 heavy (non-hydrogen) atoms. The van der Waals surface area contributed by atoms with E-state index in [9.17, 15) is 9.90 Å². The molecular weight excluding hydrogens is 182 g/mol. The fourth-order valence-electron chi connectivity index (χ4n) is 1.75. The van der Waals surface area contributed by atoms with Crippen LogP contribution in [0.25, 0.3) is 0 Å². The van der Waals surface area contributed by atoms with E-state index in [-0.39, 0.29) is 12.5 Å². The smallest absolute Gasteiger partial charge is 0.219 e. The second kappa shape index (κ2) is 3.09. The number of nitrogens with zero attached hydrogens (tertiary/aromatic N) is 3. The number of aliphatic hydroxyl groups is 1. The molecule has 2 heterocycles. The molecule has 0 spiro atoms. The minimum absolute atomic E-state index is 0.0124. The van der Waals surface area contributed by atoms with Gasteiger partial charge in [-0.2, -0.15) is 5.10 Å². The van der Waals surface area contributed by atoms with Gasteiger partial charge in [-0.1, -0.05) is 0 Å². The van der Waals surface area contributed by atoms with Crippen molar-refractivity contribution in [2.24, 2.45) is 0 Å². The molecule has 0 atom stereocenters. The average molecular weight is 195 g/mol. The van der Waals surface area contributed by atoms with E-state index in [0.29, 0.717) is 13.1 Å². The van der Waals surface area contributed by atoms with Gasteiger partial charge in [0.2, 0.25) is 5.91 Å². The van der Waals surface area contributed by atoms with Crippen molar-refractivity contribution in [1.82, 2.24) is 14.7 Å². The summed E-state index contributed by atoms with van der Waals surface area (Å²) < 4.78 is 1.73. The first kappa shape index (κ1) is 9.21. The summed E-state index contributed by atoms with van der Waals surface area (Å²) in [7, 11) is 0. The van der Waals surface area contributed by atoms with Crippen LogP contribution in [-0.2, 0) is 10.3 Å². The van der Waals surface area contributed by atoms with Gasteiger partial charge in [0.15, 0.2) is 0 Å². The summed E-state index contributed by atoms with van der Waals surface area (Å²) in [5, 5.41) is 13.4. The van der Waals surface area contributed by atoms with Gasteiger partial charge < -0.3 is 10.0 Å². The van der Waals surface area contributed by atoms with Crippen LogP contribution < -0.4 is 0 Å². The number of aromatic nitrogens is 2. The Morgan fingerprint density at radius 2 is 2.36 bits per heavy atom. The number of hydrogen-bond donors (Lipinski definition) is 1. The highest BCUT2D eigenvalue weighted by Crippen LogP contribution is 2.27. The quantitative estimate of drug-likeness (QED) is 0.687. The standard InChI is InChI=1S/C9H13N3O2/c1-8(14)11-5-9(6-11,7-13)12-4-2-3-10-12/h2-4,13H,5-7H2,1H3. The maximum atomic E-state index is 11.0. The van der Waals surface area contributed by atoms with Gasteiger partial charge in [-0.3, -0.25) is 9.48 Å². The molecule has 5 heteroatoms. The van der Waals surface area contributed by atoms with Crippen LogP contribution >= 0.6 is 0 Å². The van der Waals surface area contributed by atoms with Crippen molar-refractivity contribution in [3.05, 3.63) is 18.5 Å². The molecule has 1 N–H and O–H groups in total. The number of likely N-dealkylation sites (tertiary alicyclic amines) is 1. The lowest BCUT2D eigenvalue weighted by Gasteiger charge is -2.48. The third-order valence-electron chi connectivity index (χ3n) is 2.70. The molecule has 0 aromatic carbocycles. The van der Waals surface area contributed by atoms with E-state index < -0.39 is 5.54 Å². The predicted octanol–water partition coefficient (Wildman–Crippen LogP) is -0.567. The van der Waals surface area contributed by atoms with E-state index >= 15 is 0 Å². The largest absolute Gasteiger partial charge is 0.394 e. The average Bonchev–Trinajstić information content (AvgIpc) is 2.56. The second-order valence-corrected chi connectivity index (χ2v) is 3.71. The topological polar surface area (TPSA) is 58.4 Å². The Balaban J connectivity index is 2.13. The summed E-state index contributed by atoms with van der Waals surface area (Å²) in [6, 6.07) is 1.81. The summed E-state index contributed by atoms with van der Waals surface area (Å²) in [5.74, 6) is 0.0428. The maximum Gasteiger partial charge on any atom is 0.219 e. The SMILES string of the molecule is CC(=O)N1CC(CO)(n2cccn2)C1. The van der Waals surface area contributed by atoms with E-state index in [1.54, 1.807) is 15.8 Å². The molecule has 1 aliphatic heterocycles. The van der Waals surface area contributed by atoms with Gasteiger partial charge in [0.05, 0.1) is 6.61 Å². The highest BCUT2D eigenvalue weighted by atomic mass is 16.3. The lowest BCUT2D eigenvalue weighted by Crippen LogP contribution is -2.65. The fourth-order valence-corrected chi connectivity index (χ4v) is 1.75. The first-order valence-corrected chi connectivity index (χ1v) is 4.54. The monoisotopic (exact) mass is 195 g/mol. The third-order valence-corrected chi connectivity index (χ3v) is 2.70. The fraction of sp³-hybridized carbons (Fsp3) is 0.556. The van der Waals surface area contributed by atoms with Crippen LogP contribution in [0.5, 0.6) is 0 Å². The Kier molecular flexibility index (Phi) is 2.03. The van der Waals surface area contributed by atoms with Gasteiger partial charge in [-0.05, 0) is 6.07 Å². The lowest BCUT2D eigenvalue weighted by molar-refractivity contribution is -0.142. The first-order valence-electron chi connectivity index (χ1n) is 4.54.